The summed E-state index contributed by atoms with van der Waals surface area (Å²) in [6.45, 7) is 5.78. The molecule has 3 atom stereocenters. The maximum Gasteiger partial charge on any atom is 0.0601 e. The molecular formula is C12H24N2O. The zero-order valence-corrected chi connectivity index (χ0v) is 10.1. The molecule has 0 spiro atoms. The Kier molecular flexibility index (Phi) is 3.33. The van der Waals surface area contributed by atoms with Gasteiger partial charge >= 0.3 is 0 Å². The van der Waals surface area contributed by atoms with Crippen molar-refractivity contribution in [2.24, 2.45) is 11.7 Å². The van der Waals surface area contributed by atoms with Crippen LogP contribution in [0.4, 0.5) is 0 Å². The second-order valence-electron chi connectivity index (χ2n) is 5.27. The normalized spacial score (nSPS) is 47.6. The summed E-state index contributed by atoms with van der Waals surface area (Å²) in [7, 11) is 1.82. The lowest BCUT2D eigenvalue weighted by Crippen LogP contribution is -2.59. The van der Waals surface area contributed by atoms with E-state index < -0.39 is 0 Å². The molecular weight excluding hydrogens is 188 g/mol. The van der Waals surface area contributed by atoms with Crippen molar-refractivity contribution >= 4 is 0 Å². The molecule has 2 aliphatic rings. The molecule has 0 bridgehead atoms. The molecule has 1 heterocycles. The zero-order chi connectivity index (χ0) is 11.0. The van der Waals surface area contributed by atoms with Crippen molar-refractivity contribution in [2.75, 3.05) is 13.7 Å². The van der Waals surface area contributed by atoms with Crippen LogP contribution in [0, 0.1) is 5.92 Å². The van der Waals surface area contributed by atoms with Gasteiger partial charge in [0.2, 0.25) is 0 Å². The van der Waals surface area contributed by atoms with Crippen LogP contribution in [0.25, 0.3) is 0 Å². The molecule has 0 amide bonds. The second kappa shape index (κ2) is 4.40. The lowest BCUT2D eigenvalue weighted by atomic mass is 9.81. The summed E-state index contributed by atoms with van der Waals surface area (Å²) < 4.78 is 5.34. The van der Waals surface area contributed by atoms with E-state index in [1.165, 1.54) is 19.4 Å². The molecule has 0 aromatic rings. The lowest BCUT2D eigenvalue weighted by Gasteiger charge is -2.50. The Morgan fingerprint density at radius 1 is 1.27 bits per heavy atom. The molecule has 1 aliphatic heterocycles. The Bertz CT molecular complexity index is 216. The topological polar surface area (TPSA) is 38.5 Å². The van der Waals surface area contributed by atoms with Crippen LogP contribution < -0.4 is 5.73 Å². The Balaban J connectivity index is 1.88. The predicted octanol–water partition coefficient (Wildman–Crippen LogP) is 1.22. The van der Waals surface area contributed by atoms with Crippen molar-refractivity contribution in [1.82, 2.24) is 4.90 Å². The standard InChI is InChI=1S/C12H24N2O/c1-8-9(2)14(5-4-12(8)13)10-6-11(7-10)15-3/h8-12H,4-7,13H2,1-3H3. The molecule has 2 rings (SSSR count). The summed E-state index contributed by atoms with van der Waals surface area (Å²) in [5.74, 6) is 0.625. The number of hydrogen-bond acceptors (Lipinski definition) is 3. The fourth-order valence-corrected chi connectivity index (χ4v) is 2.94. The maximum atomic E-state index is 6.09. The highest BCUT2D eigenvalue weighted by Crippen LogP contribution is 2.33. The minimum absolute atomic E-state index is 0.398. The van der Waals surface area contributed by atoms with E-state index in [-0.39, 0.29) is 0 Å². The van der Waals surface area contributed by atoms with Crippen molar-refractivity contribution in [3.63, 3.8) is 0 Å². The van der Waals surface area contributed by atoms with Gasteiger partial charge in [-0.25, -0.2) is 0 Å². The first-order valence-corrected chi connectivity index (χ1v) is 6.17. The van der Waals surface area contributed by atoms with Crippen molar-refractivity contribution in [3.8, 4) is 0 Å². The van der Waals surface area contributed by atoms with E-state index in [1.54, 1.807) is 0 Å². The third-order valence-electron chi connectivity index (χ3n) is 4.55. The molecule has 0 radical (unpaired) electrons. The molecule has 15 heavy (non-hydrogen) atoms. The van der Waals surface area contributed by atoms with E-state index in [1.807, 2.05) is 7.11 Å². The third kappa shape index (κ3) is 2.05. The smallest absolute Gasteiger partial charge is 0.0601 e. The summed E-state index contributed by atoms with van der Waals surface area (Å²) in [4.78, 5) is 2.64. The lowest BCUT2D eigenvalue weighted by molar-refractivity contribution is -0.0584. The van der Waals surface area contributed by atoms with E-state index in [9.17, 15) is 0 Å². The summed E-state index contributed by atoms with van der Waals surface area (Å²) in [6.07, 6.45) is 4.08. The number of rotatable bonds is 2. The van der Waals surface area contributed by atoms with E-state index >= 15 is 0 Å². The predicted molar refractivity (Wildman–Crippen MR) is 61.7 cm³/mol. The molecule has 1 saturated heterocycles. The highest BCUT2D eigenvalue weighted by molar-refractivity contribution is 4.95. The number of nitrogens with two attached hydrogens (primary N) is 1. The van der Waals surface area contributed by atoms with Gasteiger partial charge in [-0.2, -0.15) is 0 Å². The molecule has 1 aliphatic carbocycles. The first kappa shape index (κ1) is 11.4. The second-order valence-corrected chi connectivity index (χ2v) is 5.27. The van der Waals surface area contributed by atoms with Gasteiger partial charge in [-0.3, -0.25) is 4.90 Å². The first-order chi connectivity index (χ1) is 7.13. The van der Waals surface area contributed by atoms with Gasteiger partial charge in [0.1, 0.15) is 0 Å². The third-order valence-corrected chi connectivity index (χ3v) is 4.55. The number of piperidine rings is 1. The molecule has 88 valence electrons. The van der Waals surface area contributed by atoms with Crippen molar-refractivity contribution < 1.29 is 4.74 Å². The van der Waals surface area contributed by atoms with Crippen molar-refractivity contribution in [3.05, 3.63) is 0 Å². The summed E-state index contributed by atoms with van der Waals surface area (Å²) in [5.41, 5.74) is 6.09. The van der Waals surface area contributed by atoms with Crippen LogP contribution in [0.15, 0.2) is 0 Å². The Morgan fingerprint density at radius 2 is 1.93 bits per heavy atom. The molecule has 3 nitrogen and oxygen atoms in total. The highest BCUT2D eigenvalue weighted by atomic mass is 16.5. The average molecular weight is 212 g/mol. The van der Waals surface area contributed by atoms with E-state index in [2.05, 4.69) is 18.7 Å². The molecule has 0 aromatic heterocycles. The minimum Gasteiger partial charge on any atom is -0.381 e. The van der Waals surface area contributed by atoms with Crippen LogP contribution in [0.3, 0.4) is 0 Å². The van der Waals surface area contributed by atoms with E-state index in [0.29, 0.717) is 24.1 Å². The SMILES string of the molecule is COC1CC(N2CCC(N)C(C)C2C)C1. The monoisotopic (exact) mass is 212 g/mol. The number of methoxy groups -OCH3 is 1. The van der Waals surface area contributed by atoms with Crippen LogP contribution in [0.2, 0.25) is 0 Å². The zero-order valence-electron chi connectivity index (χ0n) is 10.1. The van der Waals surface area contributed by atoms with Crippen LogP contribution in [0.1, 0.15) is 33.1 Å². The maximum absolute atomic E-state index is 6.09. The van der Waals surface area contributed by atoms with Gasteiger partial charge in [0.15, 0.2) is 0 Å². The van der Waals surface area contributed by atoms with Gasteiger partial charge in [-0.05, 0) is 32.1 Å². The van der Waals surface area contributed by atoms with E-state index in [0.717, 1.165) is 12.5 Å². The number of ether oxygens (including phenoxy) is 1. The van der Waals surface area contributed by atoms with E-state index in [4.69, 9.17) is 10.5 Å². The van der Waals surface area contributed by atoms with Crippen molar-refractivity contribution in [2.45, 2.75) is 57.3 Å². The quantitative estimate of drug-likeness (QED) is 0.748. The first-order valence-electron chi connectivity index (χ1n) is 6.17. The fourth-order valence-electron chi connectivity index (χ4n) is 2.94. The fraction of sp³-hybridized carbons (Fsp3) is 1.00. The van der Waals surface area contributed by atoms with Crippen LogP contribution in [0.5, 0.6) is 0 Å². The number of likely N-dealkylation sites (tertiary alicyclic amines) is 1. The van der Waals surface area contributed by atoms with Crippen LogP contribution in [-0.4, -0.2) is 42.8 Å². The minimum atomic E-state index is 0.398. The van der Waals surface area contributed by atoms with Gasteiger partial charge in [-0.1, -0.05) is 6.92 Å². The van der Waals surface area contributed by atoms with Gasteiger partial charge in [0.05, 0.1) is 6.10 Å². The van der Waals surface area contributed by atoms with Crippen LogP contribution in [-0.2, 0) is 4.74 Å². The van der Waals surface area contributed by atoms with Crippen LogP contribution >= 0.6 is 0 Å². The summed E-state index contributed by atoms with van der Waals surface area (Å²) >= 11 is 0. The average Bonchev–Trinajstić information content (AvgIpc) is 2.16. The Morgan fingerprint density at radius 3 is 2.53 bits per heavy atom. The van der Waals surface area contributed by atoms with Gasteiger partial charge in [-0.15, -0.1) is 0 Å². The van der Waals surface area contributed by atoms with Gasteiger partial charge in [0.25, 0.3) is 0 Å². The Labute approximate surface area is 93.0 Å². The van der Waals surface area contributed by atoms with Crippen molar-refractivity contribution in [1.29, 1.82) is 0 Å². The number of nitrogens with zero attached hydrogens (tertiary/aromatic N) is 1. The molecule has 0 aromatic carbocycles. The van der Waals surface area contributed by atoms with Gasteiger partial charge in [0, 0.05) is 31.8 Å². The molecule has 3 unspecified atom stereocenters. The molecule has 2 N–H and O–H groups in total. The summed E-state index contributed by atoms with van der Waals surface area (Å²) in [5, 5.41) is 0. The number of hydrogen-bond donors (Lipinski definition) is 1. The Hall–Kier alpha value is -0.120. The molecule has 3 heteroatoms. The molecule has 2 fully saturated rings. The summed E-state index contributed by atoms with van der Waals surface area (Å²) in [6, 6.07) is 1.78. The highest BCUT2D eigenvalue weighted by Gasteiger charge is 2.40. The largest absolute Gasteiger partial charge is 0.381 e. The molecule has 1 saturated carbocycles. The van der Waals surface area contributed by atoms with Gasteiger partial charge < -0.3 is 10.5 Å².